The summed E-state index contributed by atoms with van der Waals surface area (Å²) in [5, 5.41) is 9.35. The molecule has 0 aliphatic rings. The maximum atomic E-state index is 12.3. The van der Waals surface area contributed by atoms with Gasteiger partial charge in [0.25, 0.3) is 0 Å². The lowest BCUT2D eigenvalue weighted by molar-refractivity contribution is -0.152. The first-order chi connectivity index (χ1) is 7.48. The number of furan rings is 1. The van der Waals surface area contributed by atoms with Crippen molar-refractivity contribution in [3.8, 4) is 17.1 Å². The molecular formula is C11H7F3O2. The standard InChI is InChI=1S/C11H7F3O2/c12-11(13,14)9-6-8(15)10(16-9)7-4-2-1-3-5-7/h1-6,15H. The highest BCUT2D eigenvalue weighted by Gasteiger charge is 2.36. The van der Waals surface area contributed by atoms with Crippen LogP contribution in [0.3, 0.4) is 0 Å². The molecule has 0 saturated heterocycles. The van der Waals surface area contributed by atoms with Crippen LogP contribution in [0.25, 0.3) is 11.3 Å². The van der Waals surface area contributed by atoms with E-state index in [1.807, 2.05) is 0 Å². The molecule has 2 rings (SSSR count). The van der Waals surface area contributed by atoms with Crippen LogP contribution in [0.4, 0.5) is 13.2 Å². The Morgan fingerprint density at radius 1 is 1.06 bits per heavy atom. The minimum atomic E-state index is -4.59. The summed E-state index contributed by atoms with van der Waals surface area (Å²) < 4.78 is 41.5. The Morgan fingerprint density at radius 3 is 2.19 bits per heavy atom. The Balaban J connectivity index is 2.48. The minimum absolute atomic E-state index is 0.173. The van der Waals surface area contributed by atoms with E-state index in [2.05, 4.69) is 4.42 Å². The fourth-order valence-electron chi connectivity index (χ4n) is 1.32. The van der Waals surface area contributed by atoms with E-state index in [1.165, 1.54) is 0 Å². The molecule has 0 amide bonds. The summed E-state index contributed by atoms with van der Waals surface area (Å²) in [6.45, 7) is 0. The van der Waals surface area contributed by atoms with E-state index in [1.54, 1.807) is 30.3 Å². The average Bonchev–Trinajstić information content (AvgIpc) is 2.61. The lowest BCUT2D eigenvalue weighted by atomic mass is 10.2. The molecule has 0 radical (unpaired) electrons. The molecule has 1 N–H and O–H groups in total. The summed E-state index contributed by atoms with van der Waals surface area (Å²) in [7, 11) is 0. The van der Waals surface area contributed by atoms with Gasteiger partial charge in [0.15, 0.2) is 11.5 Å². The topological polar surface area (TPSA) is 33.4 Å². The SMILES string of the molecule is Oc1cc(C(F)(F)F)oc1-c1ccccc1. The van der Waals surface area contributed by atoms with Crippen LogP contribution in [0.2, 0.25) is 0 Å². The third-order valence-corrected chi connectivity index (χ3v) is 2.03. The van der Waals surface area contributed by atoms with Crippen molar-refractivity contribution >= 4 is 0 Å². The van der Waals surface area contributed by atoms with Crippen LogP contribution in [-0.2, 0) is 6.18 Å². The fraction of sp³-hybridized carbons (Fsp3) is 0.0909. The van der Waals surface area contributed by atoms with Gasteiger partial charge in [-0.2, -0.15) is 13.2 Å². The molecule has 16 heavy (non-hydrogen) atoms. The molecule has 1 heterocycles. The van der Waals surface area contributed by atoms with E-state index in [-0.39, 0.29) is 5.76 Å². The van der Waals surface area contributed by atoms with Gasteiger partial charge < -0.3 is 9.52 Å². The fourth-order valence-corrected chi connectivity index (χ4v) is 1.32. The lowest BCUT2D eigenvalue weighted by Gasteiger charge is -2.00. The van der Waals surface area contributed by atoms with E-state index in [0.29, 0.717) is 11.6 Å². The molecule has 0 fully saturated rings. The van der Waals surface area contributed by atoms with Crippen LogP contribution in [0.1, 0.15) is 5.76 Å². The summed E-state index contributed by atoms with van der Waals surface area (Å²) >= 11 is 0. The second-order valence-corrected chi connectivity index (χ2v) is 3.19. The zero-order valence-electron chi connectivity index (χ0n) is 7.95. The van der Waals surface area contributed by atoms with Gasteiger partial charge in [-0.1, -0.05) is 30.3 Å². The van der Waals surface area contributed by atoms with Crippen LogP contribution >= 0.6 is 0 Å². The van der Waals surface area contributed by atoms with Crippen molar-refractivity contribution < 1.29 is 22.7 Å². The highest BCUT2D eigenvalue weighted by atomic mass is 19.4. The van der Waals surface area contributed by atoms with Gasteiger partial charge in [-0.15, -0.1) is 0 Å². The molecule has 0 aliphatic heterocycles. The summed E-state index contributed by atoms with van der Waals surface area (Å²) in [5.41, 5.74) is 0.399. The Hall–Kier alpha value is -1.91. The number of hydrogen-bond acceptors (Lipinski definition) is 2. The highest BCUT2D eigenvalue weighted by molar-refractivity contribution is 5.64. The summed E-state index contributed by atoms with van der Waals surface area (Å²) in [6.07, 6.45) is -4.59. The summed E-state index contributed by atoms with van der Waals surface area (Å²) in [6, 6.07) is 8.68. The van der Waals surface area contributed by atoms with Crippen LogP contribution in [0.15, 0.2) is 40.8 Å². The van der Waals surface area contributed by atoms with Crippen molar-refractivity contribution in [1.29, 1.82) is 0 Å². The normalized spacial score (nSPS) is 11.7. The molecule has 2 nitrogen and oxygen atoms in total. The van der Waals surface area contributed by atoms with Gasteiger partial charge >= 0.3 is 6.18 Å². The molecule has 0 atom stereocenters. The van der Waals surface area contributed by atoms with Crippen molar-refractivity contribution in [1.82, 2.24) is 0 Å². The first-order valence-electron chi connectivity index (χ1n) is 4.44. The highest BCUT2D eigenvalue weighted by Crippen LogP contribution is 2.39. The first kappa shape index (κ1) is 10.6. The molecule has 5 heteroatoms. The monoisotopic (exact) mass is 228 g/mol. The van der Waals surface area contributed by atoms with E-state index in [0.717, 1.165) is 0 Å². The predicted octanol–water partition coefficient (Wildman–Crippen LogP) is 3.67. The van der Waals surface area contributed by atoms with E-state index in [4.69, 9.17) is 0 Å². The van der Waals surface area contributed by atoms with Gasteiger partial charge in [0.2, 0.25) is 5.76 Å². The smallest absolute Gasteiger partial charge is 0.449 e. The quantitative estimate of drug-likeness (QED) is 0.807. The third kappa shape index (κ3) is 1.88. The molecule has 84 valence electrons. The number of hydrogen-bond donors (Lipinski definition) is 1. The van der Waals surface area contributed by atoms with Gasteiger partial charge in [-0.3, -0.25) is 0 Å². The van der Waals surface area contributed by atoms with Crippen LogP contribution in [-0.4, -0.2) is 5.11 Å². The number of rotatable bonds is 1. The zero-order valence-corrected chi connectivity index (χ0v) is 7.95. The number of alkyl halides is 3. The van der Waals surface area contributed by atoms with Crippen molar-refractivity contribution in [2.75, 3.05) is 0 Å². The molecule has 1 aromatic carbocycles. The van der Waals surface area contributed by atoms with Crippen LogP contribution < -0.4 is 0 Å². The van der Waals surface area contributed by atoms with E-state index < -0.39 is 17.7 Å². The molecular weight excluding hydrogens is 221 g/mol. The van der Waals surface area contributed by atoms with Gasteiger partial charge in [0.05, 0.1) is 0 Å². The van der Waals surface area contributed by atoms with E-state index in [9.17, 15) is 18.3 Å². The van der Waals surface area contributed by atoms with Gasteiger partial charge in [-0.05, 0) is 0 Å². The molecule has 0 aliphatic carbocycles. The second-order valence-electron chi connectivity index (χ2n) is 3.19. The number of halogens is 3. The Morgan fingerprint density at radius 2 is 1.69 bits per heavy atom. The Kier molecular flexibility index (Phi) is 2.38. The molecule has 0 spiro atoms. The molecule has 1 aromatic heterocycles. The molecule has 2 aromatic rings. The van der Waals surface area contributed by atoms with Crippen LogP contribution in [0.5, 0.6) is 5.75 Å². The number of aromatic hydroxyl groups is 1. The molecule has 0 saturated carbocycles. The van der Waals surface area contributed by atoms with Crippen molar-refractivity contribution in [2.45, 2.75) is 6.18 Å². The van der Waals surface area contributed by atoms with Crippen molar-refractivity contribution in [3.05, 3.63) is 42.2 Å². The molecule has 0 unspecified atom stereocenters. The Bertz CT molecular complexity index is 486. The summed E-state index contributed by atoms with van der Waals surface area (Å²) in [5.74, 6) is -1.89. The lowest BCUT2D eigenvalue weighted by Crippen LogP contribution is -2.01. The average molecular weight is 228 g/mol. The largest absolute Gasteiger partial charge is 0.504 e. The van der Waals surface area contributed by atoms with Crippen molar-refractivity contribution in [3.63, 3.8) is 0 Å². The maximum absolute atomic E-state index is 12.3. The van der Waals surface area contributed by atoms with E-state index >= 15 is 0 Å². The van der Waals surface area contributed by atoms with Crippen molar-refractivity contribution in [2.24, 2.45) is 0 Å². The molecule has 0 bridgehead atoms. The predicted molar refractivity (Wildman–Crippen MR) is 50.8 cm³/mol. The minimum Gasteiger partial charge on any atom is -0.504 e. The van der Waals surface area contributed by atoms with Gasteiger partial charge in [0.1, 0.15) is 0 Å². The van der Waals surface area contributed by atoms with Gasteiger partial charge in [0, 0.05) is 11.6 Å². The summed E-state index contributed by atoms with van der Waals surface area (Å²) in [4.78, 5) is 0. The first-order valence-corrected chi connectivity index (χ1v) is 4.44. The van der Waals surface area contributed by atoms with Gasteiger partial charge in [-0.25, -0.2) is 0 Å². The van der Waals surface area contributed by atoms with Crippen LogP contribution in [0, 0.1) is 0 Å². The maximum Gasteiger partial charge on any atom is 0.449 e. The second kappa shape index (κ2) is 3.59. The zero-order chi connectivity index (χ0) is 11.8. The third-order valence-electron chi connectivity index (χ3n) is 2.03. The Labute approximate surface area is 88.9 Å². The number of benzene rings is 1.